The highest BCUT2D eigenvalue weighted by molar-refractivity contribution is 7.90. The summed E-state index contributed by atoms with van der Waals surface area (Å²) in [4.78, 5) is 19.1. The van der Waals surface area contributed by atoms with Crippen molar-refractivity contribution in [3.8, 4) is 11.3 Å². The Hall–Kier alpha value is -2.16. The first-order valence-corrected chi connectivity index (χ1v) is 12.5. The predicted octanol–water partition coefficient (Wildman–Crippen LogP) is 3.78. The normalized spacial score (nSPS) is 19.4. The molecule has 2 aromatic rings. The molecule has 1 aromatic carbocycles. The molecule has 0 unspecified atom stereocenters. The summed E-state index contributed by atoms with van der Waals surface area (Å²) in [5.41, 5.74) is 2.58. The first kappa shape index (κ1) is 23.5. The van der Waals surface area contributed by atoms with E-state index >= 15 is 0 Å². The van der Waals surface area contributed by atoms with Crippen LogP contribution in [-0.2, 0) is 21.2 Å². The minimum Gasteiger partial charge on any atom is -0.447 e. The second-order valence-corrected chi connectivity index (χ2v) is 10.2. The maximum atomic E-state index is 12.8. The topological polar surface area (TPSA) is 88.6 Å². The minimum absolute atomic E-state index is 0.271. The summed E-state index contributed by atoms with van der Waals surface area (Å²) in [7, 11) is -3.65. The highest BCUT2D eigenvalue weighted by atomic mass is 35.5. The number of hydrogen-bond acceptors (Lipinski definition) is 5. The maximum absolute atomic E-state index is 12.8. The fraction of sp³-hybridized carbons (Fsp3) is 0.455. The van der Waals surface area contributed by atoms with Gasteiger partial charge in [-0.05, 0) is 38.8 Å². The summed E-state index contributed by atoms with van der Waals surface area (Å²) in [5, 5.41) is -0.533. The van der Waals surface area contributed by atoms with Gasteiger partial charge in [0.15, 0.2) is 0 Å². The Morgan fingerprint density at radius 1 is 1.23 bits per heavy atom. The maximum Gasteiger partial charge on any atom is 0.410 e. The van der Waals surface area contributed by atoms with Gasteiger partial charge in [-0.3, -0.25) is 4.98 Å². The number of sulfonamides is 1. The number of piperidine rings is 1. The SMILES string of the molecule is CC(C)OC(=O)N1CCC[C@@H](NS(=O)(=O)CCl)[C@H]1Cc1cccc(-c2ccccc2)n1. The first-order valence-electron chi connectivity index (χ1n) is 10.3. The zero-order valence-corrected chi connectivity index (χ0v) is 19.3. The van der Waals surface area contributed by atoms with E-state index in [9.17, 15) is 13.2 Å². The lowest BCUT2D eigenvalue weighted by molar-refractivity contribution is 0.0459. The molecular weight excluding hydrogens is 438 g/mol. The van der Waals surface area contributed by atoms with Crippen molar-refractivity contribution in [2.45, 2.75) is 51.3 Å². The minimum atomic E-state index is -3.65. The molecule has 2 atom stereocenters. The van der Waals surface area contributed by atoms with Crippen LogP contribution < -0.4 is 4.72 Å². The number of nitrogens with zero attached hydrogens (tertiary/aromatic N) is 2. The van der Waals surface area contributed by atoms with Gasteiger partial charge in [-0.2, -0.15) is 0 Å². The highest BCUT2D eigenvalue weighted by Gasteiger charge is 2.37. The van der Waals surface area contributed by atoms with E-state index in [0.717, 1.165) is 17.0 Å². The molecule has 1 saturated heterocycles. The molecule has 0 saturated carbocycles. The summed E-state index contributed by atoms with van der Waals surface area (Å²) in [6.07, 6.45) is 0.937. The molecule has 0 bridgehead atoms. The molecule has 2 heterocycles. The quantitative estimate of drug-likeness (QED) is 0.628. The van der Waals surface area contributed by atoms with Crippen molar-refractivity contribution in [1.82, 2.24) is 14.6 Å². The standard InChI is InChI=1S/C22H28ClN3O4S/c1-16(2)30-22(27)26-13-7-12-20(25-31(28,29)15-23)21(26)14-18-10-6-11-19(24-18)17-8-4-3-5-9-17/h3-6,8-11,16,20-21,25H,7,12-15H2,1-2H3/t20-,21-/m1/s1. The van der Waals surface area contributed by atoms with Crippen molar-refractivity contribution in [3.63, 3.8) is 0 Å². The molecule has 7 nitrogen and oxygen atoms in total. The Labute approximate surface area is 188 Å². The van der Waals surface area contributed by atoms with Gasteiger partial charge in [-0.1, -0.05) is 36.4 Å². The molecule has 1 N–H and O–H groups in total. The largest absolute Gasteiger partial charge is 0.447 e. The van der Waals surface area contributed by atoms with Gasteiger partial charge in [0, 0.05) is 30.3 Å². The lowest BCUT2D eigenvalue weighted by Gasteiger charge is -2.41. The molecule has 9 heteroatoms. The molecule has 0 spiro atoms. The third-order valence-electron chi connectivity index (χ3n) is 5.12. The van der Waals surface area contributed by atoms with Gasteiger partial charge in [0.2, 0.25) is 10.0 Å². The monoisotopic (exact) mass is 465 g/mol. The molecule has 1 aliphatic rings. The second-order valence-electron chi connectivity index (χ2n) is 7.87. The van der Waals surface area contributed by atoms with Crippen molar-refractivity contribution in [3.05, 3.63) is 54.2 Å². The number of amides is 1. The zero-order chi connectivity index (χ0) is 22.4. The van der Waals surface area contributed by atoms with Crippen molar-refractivity contribution in [2.24, 2.45) is 0 Å². The predicted molar refractivity (Wildman–Crippen MR) is 121 cm³/mol. The summed E-state index contributed by atoms with van der Waals surface area (Å²) in [6, 6.07) is 14.6. The molecule has 1 fully saturated rings. The Balaban J connectivity index is 1.90. The van der Waals surface area contributed by atoms with Crippen LogP contribution in [0.25, 0.3) is 11.3 Å². The average molecular weight is 466 g/mol. The van der Waals surface area contributed by atoms with E-state index in [2.05, 4.69) is 4.72 Å². The van der Waals surface area contributed by atoms with Crippen molar-refractivity contribution in [1.29, 1.82) is 0 Å². The molecule has 31 heavy (non-hydrogen) atoms. The fourth-order valence-corrected chi connectivity index (χ4v) is 4.77. The van der Waals surface area contributed by atoms with Gasteiger partial charge >= 0.3 is 6.09 Å². The van der Waals surface area contributed by atoms with Gasteiger partial charge in [0.25, 0.3) is 0 Å². The summed E-state index contributed by atoms with van der Waals surface area (Å²) < 4.78 is 32.4. The molecule has 1 aliphatic heterocycles. The number of nitrogens with one attached hydrogen (secondary N) is 1. The molecular formula is C22H28ClN3O4S. The van der Waals surface area contributed by atoms with E-state index in [1.165, 1.54) is 0 Å². The zero-order valence-electron chi connectivity index (χ0n) is 17.7. The number of ether oxygens (including phenoxy) is 1. The van der Waals surface area contributed by atoms with Gasteiger partial charge in [0.05, 0.1) is 17.8 Å². The summed E-state index contributed by atoms with van der Waals surface area (Å²) >= 11 is 5.61. The Morgan fingerprint density at radius 2 is 1.97 bits per heavy atom. The molecule has 0 aliphatic carbocycles. The number of hydrogen-bond donors (Lipinski definition) is 1. The number of rotatable bonds is 7. The van der Waals surface area contributed by atoms with Crippen LogP contribution in [0.4, 0.5) is 4.79 Å². The number of aromatic nitrogens is 1. The van der Waals surface area contributed by atoms with E-state index in [1.54, 1.807) is 18.7 Å². The van der Waals surface area contributed by atoms with E-state index in [1.807, 2.05) is 48.5 Å². The van der Waals surface area contributed by atoms with Crippen molar-refractivity contribution in [2.75, 3.05) is 11.8 Å². The number of carbonyl (C=O) groups is 1. The van der Waals surface area contributed by atoms with E-state index in [0.29, 0.717) is 25.8 Å². The lowest BCUT2D eigenvalue weighted by Crippen LogP contribution is -2.58. The number of halogens is 1. The van der Waals surface area contributed by atoms with Crippen LogP contribution in [0.15, 0.2) is 48.5 Å². The Kier molecular flexibility index (Phi) is 7.91. The average Bonchev–Trinajstić information content (AvgIpc) is 2.75. The molecule has 168 valence electrons. The first-order chi connectivity index (χ1) is 14.8. The second kappa shape index (κ2) is 10.4. The number of likely N-dealkylation sites (tertiary alicyclic amines) is 1. The van der Waals surface area contributed by atoms with Crippen LogP contribution in [-0.4, -0.2) is 54.3 Å². The molecule has 0 radical (unpaired) electrons. The van der Waals surface area contributed by atoms with Gasteiger partial charge in [0.1, 0.15) is 5.21 Å². The number of benzene rings is 1. The van der Waals surface area contributed by atoms with Crippen LogP contribution >= 0.6 is 11.6 Å². The molecule has 1 amide bonds. The van der Waals surface area contributed by atoms with Gasteiger partial charge in [-0.25, -0.2) is 17.9 Å². The van der Waals surface area contributed by atoms with Crippen LogP contribution in [0.5, 0.6) is 0 Å². The van der Waals surface area contributed by atoms with Crippen LogP contribution in [0.2, 0.25) is 0 Å². The number of pyridine rings is 1. The highest BCUT2D eigenvalue weighted by Crippen LogP contribution is 2.24. The van der Waals surface area contributed by atoms with E-state index in [-0.39, 0.29) is 6.10 Å². The van der Waals surface area contributed by atoms with E-state index < -0.39 is 33.4 Å². The van der Waals surface area contributed by atoms with Crippen molar-refractivity contribution < 1.29 is 17.9 Å². The molecule has 1 aromatic heterocycles. The third kappa shape index (κ3) is 6.41. The summed E-state index contributed by atoms with van der Waals surface area (Å²) in [6.45, 7) is 4.07. The lowest BCUT2D eigenvalue weighted by atomic mass is 9.93. The Morgan fingerprint density at radius 3 is 2.65 bits per heavy atom. The van der Waals surface area contributed by atoms with Crippen LogP contribution in [0.1, 0.15) is 32.4 Å². The van der Waals surface area contributed by atoms with Gasteiger partial charge in [-0.15, -0.1) is 11.6 Å². The number of alkyl halides is 1. The third-order valence-corrected chi connectivity index (χ3v) is 6.93. The fourth-order valence-electron chi connectivity index (χ4n) is 3.78. The van der Waals surface area contributed by atoms with Gasteiger partial charge < -0.3 is 9.64 Å². The van der Waals surface area contributed by atoms with Crippen LogP contribution in [0, 0.1) is 0 Å². The van der Waals surface area contributed by atoms with E-state index in [4.69, 9.17) is 21.3 Å². The number of carbonyl (C=O) groups excluding carboxylic acids is 1. The van der Waals surface area contributed by atoms with Crippen molar-refractivity contribution >= 4 is 27.7 Å². The Bertz CT molecular complexity index is 985. The smallest absolute Gasteiger partial charge is 0.410 e. The molecule has 3 rings (SSSR count). The summed E-state index contributed by atoms with van der Waals surface area (Å²) in [5.74, 6) is 0. The van der Waals surface area contributed by atoms with Crippen LogP contribution in [0.3, 0.4) is 0 Å².